The lowest BCUT2D eigenvalue weighted by atomic mass is 10.2. The van der Waals surface area contributed by atoms with Crippen LogP contribution in [-0.4, -0.2) is 36.4 Å². The average Bonchev–Trinajstić information content (AvgIpc) is 2.95. The van der Waals surface area contributed by atoms with E-state index in [9.17, 15) is 4.79 Å². The van der Waals surface area contributed by atoms with Crippen LogP contribution in [0.3, 0.4) is 0 Å². The Morgan fingerprint density at radius 1 is 1.32 bits per heavy atom. The van der Waals surface area contributed by atoms with Crippen LogP contribution in [0.4, 0.5) is 5.69 Å². The van der Waals surface area contributed by atoms with E-state index in [4.69, 9.17) is 9.47 Å². The minimum absolute atomic E-state index is 0.207. The van der Waals surface area contributed by atoms with Gasteiger partial charge in [-0.05, 0) is 24.3 Å². The minimum Gasteiger partial charge on any atom is -0.491 e. The Kier molecular flexibility index (Phi) is 4.52. The Hall–Kier alpha value is -2.34. The highest BCUT2D eigenvalue weighted by molar-refractivity contribution is 6.03. The average molecular weight is 261 g/mol. The number of ether oxygens (including phenoxy) is 2. The first kappa shape index (κ1) is 13.1. The van der Waals surface area contributed by atoms with E-state index in [-0.39, 0.29) is 5.91 Å². The topological polar surface area (TPSA) is 76.2 Å². The number of carbonyl (C=O) groups is 1. The van der Waals surface area contributed by atoms with Crippen LogP contribution in [0, 0.1) is 0 Å². The molecular weight excluding hydrogens is 246 g/mol. The summed E-state index contributed by atoms with van der Waals surface area (Å²) in [5.41, 5.74) is 1.19. The number of H-pyrrole nitrogens is 1. The van der Waals surface area contributed by atoms with Crippen LogP contribution < -0.4 is 10.1 Å². The Labute approximate surface area is 110 Å². The van der Waals surface area contributed by atoms with E-state index in [0.29, 0.717) is 24.5 Å². The van der Waals surface area contributed by atoms with Gasteiger partial charge < -0.3 is 14.8 Å². The number of nitrogens with zero attached hydrogens (tertiary/aromatic N) is 1. The number of anilines is 1. The maximum atomic E-state index is 11.8. The second kappa shape index (κ2) is 6.55. The summed E-state index contributed by atoms with van der Waals surface area (Å²) in [6.07, 6.45) is 3.01. The van der Waals surface area contributed by atoms with Gasteiger partial charge in [-0.1, -0.05) is 0 Å². The third kappa shape index (κ3) is 3.82. The van der Waals surface area contributed by atoms with Gasteiger partial charge in [0.1, 0.15) is 12.4 Å². The molecule has 0 aliphatic carbocycles. The van der Waals surface area contributed by atoms with Gasteiger partial charge in [0, 0.05) is 19.0 Å². The van der Waals surface area contributed by atoms with Gasteiger partial charge in [0.2, 0.25) is 0 Å². The molecule has 0 saturated carbocycles. The molecule has 0 unspecified atom stereocenters. The fraction of sp³-hybridized carbons (Fsp3) is 0.231. The third-order valence-corrected chi connectivity index (χ3v) is 2.43. The zero-order valence-corrected chi connectivity index (χ0v) is 10.6. The zero-order valence-electron chi connectivity index (χ0n) is 10.6. The molecule has 0 aliphatic heterocycles. The maximum absolute atomic E-state index is 11.8. The molecule has 6 heteroatoms. The molecule has 0 aliphatic rings. The van der Waals surface area contributed by atoms with Crippen molar-refractivity contribution in [3.8, 4) is 5.75 Å². The van der Waals surface area contributed by atoms with Gasteiger partial charge in [-0.3, -0.25) is 9.89 Å². The van der Waals surface area contributed by atoms with Gasteiger partial charge in [0.15, 0.2) is 0 Å². The van der Waals surface area contributed by atoms with Crippen molar-refractivity contribution in [1.29, 1.82) is 0 Å². The lowest BCUT2D eigenvalue weighted by Crippen LogP contribution is -2.10. The molecule has 0 fully saturated rings. The van der Waals surface area contributed by atoms with Crippen molar-refractivity contribution >= 4 is 11.6 Å². The smallest absolute Gasteiger partial charge is 0.258 e. The largest absolute Gasteiger partial charge is 0.491 e. The molecule has 0 atom stereocenters. The lowest BCUT2D eigenvalue weighted by Gasteiger charge is -2.07. The molecule has 0 saturated heterocycles. The fourth-order valence-electron chi connectivity index (χ4n) is 1.46. The highest BCUT2D eigenvalue weighted by atomic mass is 16.5. The first-order valence-corrected chi connectivity index (χ1v) is 5.81. The van der Waals surface area contributed by atoms with E-state index in [0.717, 1.165) is 5.75 Å². The summed E-state index contributed by atoms with van der Waals surface area (Å²) >= 11 is 0. The molecule has 6 nitrogen and oxygen atoms in total. The Bertz CT molecular complexity index is 508. The minimum atomic E-state index is -0.207. The molecule has 0 spiro atoms. The Balaban J connectivity index is 1.90. The first-order valence-electron chi connectivity index (χ1n) is 5.81. The van der Waals surface area contributed by atoms with E-state index in [1.807, 2.05) is 0 Å². The number of nitrogens with one attached hydrogen (secondary N) is 2. The fourth-order valence-corrected chi connectivity index (χ4v) is 1.46. The molecule has 19 heavy (non-hydrogen) atoms. The summed E-state index contributed by atoms with van der Waals surface area (Å²) in [5.74, 6) is 0.528. The monoisotopic (exact) mass is 261 g/mol. The molecule has 1 amide bonds. The van der Waals surface area contributed by atoms with E-state index in [1.165, 1.54) is 12.4 Å². The normalized spacial score (nSPS) is 10.2. The number of methoxy groups -OCH3 is 1. The number of aromatic nitrogens is 2. The number of rotatable bonds is 6. The van der Waals surface area contributed by atoms with Crippen molar-refractivity contribution in [2.24, 2.45) is 0 Å². The standard InChI is InChI=1S/C13H15N3O3/c1-18-6-7-19-12-4-2-11(3-5-12)16-13(17)10-8-14-15-9-10/h2-5,8-9H,6-7H2,1H3,(H,14,15)(H,16,17). The lowest BCUT2D eigenvalue weighted by molar-refractivity contribution is 0.102. The van der Waals surface area contributed by atoms with Crippen molar-refractivity contribution in [3.63, 3.8) is 0 Å². The van der Waals surface area contributed by atoms with Gasteiger partial charge in [-0.2, -0.15) is 5.10 Å². The van der Waals surface area contributed by atoms with Gasteiger partial charge in [-0.15, -0.1) is 0 Å². The second-order valence-corrected chi connectivity index (χ2v) is 3.81. The second-order valence-electron chi connectivity index (χ2n) is 3.81. The van der Waals surface area contributed by atoms with Gasteiger partial charge in [0.25, 0.3) is 5.91 Å². The maximum Gasteiger partial charge on any atom is 0.258 e. The molecule has 100 valence electrons. The van der Waals surface area contributed by atoms with Crippen LogP contribution in [0.15, 0.2) is 36.7 Å². The van der Waals surface area contributed by atoms with Crippen molar-refractivity contribution in [2.45, 2.75) is 0 Å². The zero-order chi connectivity index (χ0) is 13.5. The number of amides is 1. The molecule has 2 rings (SSSR count). The molecular formula is C13H15N3O3. The van der Waals surface area contributed by atoms with Gasteiger partial charge in [0.05, 0.1) is 18.4 Å². The summed E-state index contributed by atoms with van der Waals surface area (Å²) < 4.78 is 10.3. The Morgan fingerprint density at radius 2 is 2.11 bits per heavy atom. The molecule has 0 radical (unpaired) electrons. The number of carbonyl (C=O) groups excluding carboxylic acids is 1. The van der Waals surface area contributed by atoms with Crippen LogP contribution in [-0.2, 0) is 4.74 Å². The quantitative estimate of drug-likeness (QED) is 0.776. The van der Waals surface area contributed by atoms with E-state index >= 15 is 0 Å². The molecule has 1 aromatic carbocycles. The summed E-state index contributed by atoms with van der Waals surface area (Å²) in [4.78, 5) is 11.8. The molecule has 1 aromatic heterocycles. The van der Waals surface area contributed by atoms with E-state index < -0.39 is 0 Å². The number of benzene rings is 1. The predicted molar refractivity (Wildman–Crippen MR) is 70.4 cm³/mol. The van der Waals surface area contributed by atoms with Crippen molar-refractivity contribution in [1.82, 2.24) is 10.2 Å². The number of aromatic amines is 1. The van der Waals surface area contributed by atoms with Crippen LogP contribution >= 0.6 is 0 Å². The van der Waals surface area contributed by atoms with E-state index in [2.05, 4.69) is 15.5 Å². The Morgan fingerprint density at radius 3 is 2.74 bits per heavy atom. The van der Waals surface area contributed by atoms with Crippen molar-refractivity contribution < 1.29 is 14.3 Å². The predicted octanol–water partition coefficient (Wildman–Crippen LogP) is 1.69. The first-order chi connectivity index (χ1) is 9.29. The number of hydrogen-bond acceptors (Lipinski definition) is 4. The SMILES string of the molecule is COCCOc1ccc(NC(=O)c2cn[nH]c2)cc1. The van der Waals surface area contributed by atoms with Crippen LogP contribution in [0.25, 0.3) is 0 Å². The molecule has 2 aromatic rings. The summed E-state index contributed by atoms with van der Waals surface area (Å²) in [7, 11) is 1.62. The van der Waals surface area contributed by atoms with Crippen LogP contribution in [0.2, 0.25) is 0 Å². The van der Waals surface area contributed by atoms with E-state index in [1.54, 1.807) is 31.4 Å². The number of hydrogen-bond donors (Lipinski definition) is 2. The van der Waals surface area contributed by atoms with Crippen molar-refractivity contribution in [3.05, 3.63) is 42.2 Å². The molecule has 2 N–H and O–H groups in total. The summed E-state index contributed by atoms with van der Waals surface area (Å²) in [6.45, 7) is 1.04. The van der Waals surface area contributed by atoms with Gasteiger partial charge >= 0.3 is 0 Å². The molecule has 1 heterocycles. The molecule has 0 bridgehead atoms. The highest BCUT2D eigenvalue weighted by Gasteiger charge is 2.06. The van der Waals surface area contributed by atoms with Crippen molar-refractivity contribution in [2.75, 3.05) is 25.6 Å². The van der Waals surface area contributed by atoms with Gasteiger partial charge in [-0.25, -0.2) is 0 Å². The third-order valence-electron chi connectivity index (χ3n) is 2.43. The summed E-state index contributed by atoms with van der Waals surface area (Å²) in [6, 6.07) is 7.14. The summed E-state index contributed by atoms with van der Waals surface area (Å²) in [5, 5.41) is 9.07. The van der Waals surface area contributed by atoms with Crippen LogP contribution in [0.5, 0.6) is 5.75 Å². The van der Waals surface area contributed by atoms with Crippen LogP contribution in [0.1, 0.15) is 10.4 Å². The highest BCUT2D eigenvalue weighted by Crippen LogP contribution is 2.16.